The Balaban J connectivity index is 2.19. The van der Waals surface area contributed by atoms with Crippen LogP contribution < -0.4 is 0 Å². The second-order valence-corrected chi connectivity index (χ2v) is 3.12. The summed E-state index contributed by atoms with van der Waals surface area (Å²) in [5.41, 5.74) is 0. The topological polar surface area (TPSA) is 17.1 Å². The Labute approximate surface area is 62.8 Å². The maximum atomic E-state index is 10.8. The lowest BCUT2D eigenvalue weighted by atomic mass is 9.86. The van der Waals surface area contributed by atoms with Crippen LogP contribution in [-0.4, -0.2) is 5.78 Å². The minimum atomic E-state index is 0.459. The fourth-order valence-corrected chi connectivity index (χ4v) is 1.58. The van der Waals surface area contributed by atoms with Gasteiger partial charge in [0.1, 0.15) is 5.78 Å². The zero-order valence-electron chi connectivity index (χ0n) is 6.44. The highest BCUT2D eigenvalue weighted by molar-refractivity contribution is 5.78. The summed E-state index contributed by atoms with van der Waals surface area (Å²) < 4.78 is 0. The molecule has 1 rings (SSSR count). The number of hydrogen-bond donors (Lipinski definition) is 0. The molecule has 0 aromatic rings. The monoisotopic (exact) mass is 139 g/mol. The minimum absolute atomic E-state index is 0.459. The van der Waals surface area contributed by atoms with E-state index in [1.54, 1.807) is 0 Å². The van der Waals surface area contributed by atoms with Gasteiger partial charge in [0.15, 0.2) is 0 Å². The molecule has 0 aromatic carbocycles. The van der Waals surface area contributed by atoms with Gasteiger partial charge in [0.05, 0.1) is 0 Å². The van der Waals surface area contributed by atoms with Crippen molar-refractivity contribution in [2.45, 2.75) is 38.5 Å². The predicted molar refractivity (Wildman–Crippen MR) is 41.6 cm³/mol. The summed E-state index contributed by atoms with van der Waals surface area (Å²) in [6.07, 6.45) is 6.13. The van der Waals surface area contributed by atoms with Gasteiger partial charge in [-0.1, -0.05) is 19.8 Å². The molecule has 1 nitrogen and oxygen atoms in total. The van der Waals surface area contributed by atoms with Crippen LogP contribution in [0.4, 0.5) is 0 Å². The SMILES string of the molecule is [CH2]CCC1CCC(=O)CC1. The van der Waals surface area contributed by atoms with Crippen LogP contribution in [-0.2, 0) is 4.79 Å². The zero-order valence-corrected chi connectivity index (χ0v) is 6.44. The highest BCUT2D eigenvalue weighted by Gasteiger charge is 2.16. The lowest BCUT2D eigenvalue weighted by molar-refractivity contribution is -0.121. The third-order valence-electron chi connectivity index (χ3n) is 2.28. The molecule has 0 aliphatic heterocycles. The van der Waals surface area contributed by atoms with E-state index in [0.717, 1.165) is 38.0 Å². The van der Waals surface area contributed by atoms with Gasteiger partial charge in [-0.25, -0.2) is 0 Å². The summed E-state index contributed by atoms with van der Waals surface area (Å²) in [5, 5.41) is 0. The molecule has 0 amide bonds. The molecule has 1 heteroatoms. The first-order valence-electron chi connectivity index (χ1n) is 4.14. The molecule has 0 heterocycles. The number of rotatable bonds is 2. The van der Waals surface area contributed by atoms with Crippen molar-refractivity contribution in [2.75, 3.05) is 0 Å². The van der Waals surface area contributed by atoms with Crippen LogP contribution >= 0.6 is 0 Å². The Kier molecular flexibility index (Phi) is 2.91. The van der Waals surface area contributed by atoms with E-state index in [-0.39, 0.29) is 0 Å². The van der Waals surface area contributed by atoms with Gasteiger partial charge in [0, 0.05) is 12.8 Å². The van der Waals surface area contributed by atoms with Gasteiger partial charge in [-0.15, -0.1) is 0 Å². The molecule has 1 fully saturated rings. The third kappa shape index (κ3) is 2.13. The normalized spacial score (nSPS) is 21.5. The van der Waals surface area contributed by atoms with Crippen molar-refractivity contribution in [1.29, 1.82) is 0 Å². The van der Waals surface area contributed by atoms with Crippen LogP contribution in [0.2, 0.25) is 0 Å². The molecule has 57 valence electrons. The van der Waals surface area contributed by atoms with E-state index in [4.69, 9.17) is 0 Å². The number of ketones is 1. The van der Waals surface area contributed by atoms with E-state index in [1.165, 1.54) is 6.42 Å². The number of Topliss-reactive ketones (excluding diaryl/α,β-unsaturated/α-hetero) is 1. The molecular formula is C9H15O. The van der Waals surface area contributed by atoms with Gasteiger partial charge >= 0.3 is 0 Å². The second-order valence-electron chi connectivity index (χ2n) is 3.12. The van der Waals surface area contributed by atoms with E-state index in [9.17, 15) is 4.79 Å². The first-order chi connectivity index (χ1) is 4.83. The summed E-state index contributed by atoms with van der Waals surface area (Å²) in [6.45, 7) is 3.81. The van der Waals surface area contributed by atoms with Crippen molar-refractivity contribution in [3.05, 3.63) is 6.92 Å². The van der Waals surface area contributed by atoms with Gasteiger partial charge in [-0.3, -0.25) is 4.79 Å². The van der Waals surface area contributed by atoms with Gasteiger partial charge < -0.3 is 0 Å². The van der Waals surface area contributed by atoms with Crippen molar-refractivity contribution in [3.63, 3.8) is 0 Å². The van der Waals surface area contributed by atoms with Crippen LogP contribution in [0.25, 0.3) is 0 Å². The lowest BCUT2D eigenvalue weighted by Crippen LogP contribution is -2.13. The van der Waals surface area contributed by atoms with Crippen molar-refractivity contribution in [3.8, 4) is 0 Å². The van der Waals surface area contributed by atoms with E-state index in [1.807, 2.05) is 0 Å². The third-order valence-corrected chi connectivity index (χ3v) is 2.28. The van der Waals surface area contributed by atoms with E-state index in [0.29, 0.717) is 5.78 Å². The molecule has 1 aliphatic carbocycles. The zero-order chi connectivity index (χ0) is 7.40. The lowest BCUT2D eigenvalue weighted by Gasteiger charge is -2.19. The largest absolute Gasteiger partial charge is 0.300 e. The molecule has 0 spiro atoms. The summed E-state index contributed by atoms with van der Waals surface area (Å²) in [7, 11) is 0. The maximum absolute atomic E-state index is 10.8. The number of carbonyl (C=O) groups is 1. The maximum Gasteiger partial charge on any atom is 0.132 e. The highest BCUT2D eigenvalue weighted by atomic mass is 16.1. The van der Waals surface area contributed by atoms with Crippen molar-refractivity contribution < 1.29 is 4.79 Å². The number of carbonyl (C=O) groups excluding carboxylic acids is 1. The molecule has 1 saturated carbocycles. The van der Waals surface area contributed by atoms with Crippen molar-refractivity contribution >= 4 is 5.78 Å². The van der Waals surface area contributed by atoms with Crippen LogP contribution in [0.1, 0.15) is 38.5 Å². The molecule has 0 N–H and O–H groups in total. The van der Waals surface area contributed by atoms with Gasteiger partial charge in [0.25, 0.3) is 0 Å². The molecular weight excluding hydrogens is 124 g/mol. The molecule has 0 saturated heterocycles. The van der Waals surface area contributed by atoms with E-state index in [2.05, 4.69) is 6.92 Å². The average molecular weight is 139 g/mol. The summed E-state index contributed by atoms with van der Waals surface area (Å²) >= 11 is 0. The summed E-state index contributed by atoms with van der Waals surface area (Å²) in [4.78, 5) is 10.8. The Morgan fingerprint density at radius 3 is 2.50 bits per heavy atom. The first kappa shape index (κ1) is 7.77. The van der Waals surface area contributed by atoms with Crippen LogP contribution in [0.15, 0.2) is 0 Å². The van der Waals surface area contributed by atoms with Crippen LogP contribution in [0.3, 0.4) is 0 Å². The Morgan fingerprint density at radius 1 is 1.40 bits per heavy atom. The Hall–Kier alpha value is -0.330. The predicted octanol–water partition coefficient (Wildman–Crippen LogP) is 2.36. The molecule has 0 aromatic heterocycles. The molecule has 0 atom stereocenters. The molecule has 1 aliphatic rings. The van der Waals surface area contributed by atoms with Crippen molar-refractivity contribution in [1.82, 2.24) is 0 Å². The van der Waals surface area contributed by atoms with Gasteiger partial charge in [0.2, 0.25) is 0 Å². The molecule has 0 bridgehead atoms. The fraction of sp³-hybridized carbons (Fsp3) is 0.778. The average Bonchev–Trinajstić information content (AvgIpc) is 1.95. The molecule has 10 heavy (non-hydrogen) atoms. The quantitative estimate of drug-likeness (QED) is 0.574. The molecule has 1 radical (unpaired) electrons. The minimum Gasteiger partial charge on any atom is -0.300 e. The summed E-state index contributed by atoms with van der Waals surface area (Å²) in [6, 6.07) is 0. The van der Waals surface area contributed by atoms with Gasteiger partial charge in [-0.05, 0) is 18.8 Å². The highest BCUT2D eigenvalue weighted by Crippen LogP contribution is 2.24. The van der Waals surface area contributed by atoms with Crippen LogP contribution in [0.5, 0.6) is 0 Å². The van der Waals surface area contributed by atoms with Crippen molar-refractivity contribution in [2.24, 2.45) is 5.92 Å². The Bertz CT molecular complexity index is 108. The molecule has 0 unspecified atom stereocenters. The smallest absolute Gasteiger partial charge is 0.132 e. The summed E-state index contributed by atoms with van der Waals surface area (Å²) in [5.74, 6) is 1.26. The van der Waals surface area contributed by atoms with Gasteiger partial charge in [-0.2, -0.15) is 0 Å². The first-order valence-corrected chi connectivity index (χ1v) is 4.14. The van der Waals surface area contributed by atoms with E-state index >= 15 is 0 Å². The number of hydrogen-bond acceptors (Lipinski definition) is 1. The van der Waals surface area contributed by atoms with E-state index < -0.39 is 0 Å². The fourth-order valence-electron chi connectivity index (χ4n) is 1.58. The Morgan fingerprint density at radius 2 is 2.00 bits per heavy atom. The second kappa shape index (κ2) is 3.75. The standard InChI is InChI=1S/C9H15O/c1-2-3-8-4-6-9(10)7-5-8/h8H,1-7H2. The van der Waals surface area contributed by atoms with Crippen LogP contribution in [0, 0.1) is 12.8 Å².